The lowest BCUT2D eigenvalue weighted by molar-refractivity contribution is -0.384. The average molecular weight is 381 g/mol. The highest BCUT2D eigenvalue weighted by Crippen LogP contribution is 2.25. The van der Waals surface area contributed by atoms with Gasteiger partial charge in [-0.25, -0.2) is 9.48 Å². The Balaban J connectivity index is 1.72. The summed E-state index contributed by atoms with van der Waals surface area (Å²) in [6.45, 7) is 3.93. The number of nitro benzene ring substituents is 1. The van der Waals surface area contributed by atoms with E-state index in [0.29, 0.717) is 0 Å². The zero-order valence-electron chi connectivity index (χ0n) is 15.7. The van der Waals surface area contributed by atoms with E-state index in [2.05, 4.69) is 5.10 Å². The van der Waals surface area contributed by atoms with Crippen molar-refractivity contribution in [2.75, 3.05) is 7.11 Å². The van der Waals surface area contributed by atoms with Crippen molar-refractivity contribution in [3.05, 3.63) is 81.2 Å². The summed E-state index contributed by atoms with van der Waals surface area (Å²) in [5, 5.41) is 15.4. The third-order valence-electron chi connectivity index (χ3n) is 4.17. The molecule has 8 heteroatoms. The van der Waals surface area contributed by atoms with Crippen LogP contribution in [0.5, 0.6) is 5.75 Å². The molecule has 28 heavy (non-hydrogen) atoms. The first kappa shape index (κ1) is 19.1. The van der Waals surface area contributed by atoms with Gasteiger partial charge in [-0.2, -0.15) is 5.10 Å². The maximum absolute atomic E-state index is 12.4. The van der Waals surface area contributed by atoms with Crippen LogP contribution in [0.2, 0.25) is 0 Å². The van der Waals surface area contributed by atoms with Crippen LogP contribution in [0.1, 0.15) is 27.3 Å². The van der Waals surface area contributed by atoms with Crippen molar-refractivity contribution in [1.29, 1.82) is 0 Å². The number of carbonyl (C=O) groups is 1. The summed E-state index contributed by atoms with van der Waals surface area (Å²) in [4.78, 5) is 22.7. The number of aryl methyl sites for hydroxylation is 2. The highest BCUT2D eigenvalue weighted by molar-refractivity contribution is 5.93. The molecule has 3 rings (SSSR count). The SMILES string of the molecule is COc1ccc([N+](=O)[O-])cc1C(=O)OCc1ccc(-n2nc(C)cc2C)cc1. The van der Waals surface area contributed by atoms with Gasteiger partial charge in [-0.3, -0.25) is 10.1 Å². The second kappa shape index (κ2) is 7.91. The molecular weight excluding hydrogens is 362 g/mol. The molecule has 1 aromatic heterocycles. The van der Waals surface area contributed by atoms with Gasteiger partial charge in [0.15, 0.2) is 0 Å². The number of esters is 1. The van der Waals surface area contributed by atoms with E-state index in [9.17, 15) is 14.9 Å². The number of nitrogens with zero attached hydrogens (tertiary/aromatic N) is 3. The van der Waals surface area contributed by atoms with E-state index in [4.69, 9.17) is 9.47 Å². The van der Waals surface area contributed by atoms with Gasteiger partial charge >= 0.3 is 5.97 Å². The van der Waals surface area contributed by atoms with E-state index in [1.807, 2.05) is 48.9 Å². The summed E-state index contributed by atoms with van der Waals surface area (Å²) in [5.41, 5.74) is 3.44. The van der Waals surface area contributed by atoms with Crippen molar-refractivity contribution in [3.8, 4) is 11.4 Å². The lowest BCUT2D eigenvalue weighted by Crippen LogP contribution is -2.08. The van der Waals surface area contributed by atoms with E-state index in [1.165, 1.54) is 19.2 Å². The van der Waals surface area contributed by atoms with Crippen molar-refractivity contribution >= 4 is 11.7 Å². The third kappa shape index (κ3) is 4.01. The van der Waals surface area contributed by atoms with Gasteiger partial charge in [-0.15, -0.1) is 0 Å². The standard InChI is InChI=1S/C20H19N3O5/c1-13-10-14(2)22(21-13)16-6-4-15(5-7-16)12-28-20(24)18-11-17(23(25)26)8-9-19(18)27-3/h4-11H,12H2,1-3H3. The maximum Gasteiger partial charge on any atom is 0.342 e. The number of non-ortho nitro benzene ring substituents is 1. The minimum absolute atomic E-state index is 0.0101. The van der Waals surface area contributed by atoms with E-state index in [0.717, 1.165) is 28.7 Å². The zero-order valence-corrected chi connectivity index (χ0v) is 15.7. The Hall–Kier alpha value is -3.68. The number of hydrogen-bond donors (Lipinski definition) is 0. The second-order valence-electron chi connectivity index (χ2n) is 6.22. The van der Waals surface area contributed by atoms with Gasteiger partial charge in [0.2, 0.25) is 0 Å². The van der Waals surface area contributed by atoms with Crippen molar-refractivity contribution in [2.24, 2.45) is 0 Å². The van der Waals surface area contributed by atoms with Crippen LogP contribution in [0.25, 0.3) is 5.69 Å². The second-order valence-corrected chi connectivity index (χ2v) is 6.22. The molecule has 0 atom stereocenters. The van der Waals surface area contributed by atoms with Gasteiger partial charge in [-0.05, 0) is 43.7 Å². The fraction of sp³-hybridized carbons (Fsp3) is 0.200. The van der Waals surface area contributed by atoms with Crippen LogP contribution in [0.3, 0.4) is 0 Å². The van der Waals surface area contributed by atoms with Crippen molar-refractivity contribution in [3.63, 3.8) is 0 Å². The number of aromatic nitrogens is 2. The summed E-state index contributed by atoms with van der Waals surface area (Å²) in [7, 11) is 1.38. The largest absolute Gasteiger partial charge is 0.496 e. The van der Waals surface area contributed by atoms with Gasteiger partial charge in [0.1, 0.15) is 17.9 Å². The van der Waals surface area contributed by atoms with E-state index >= 15 is 0 Å². The molecule has 0 unspecified atom stereocenters. The third-order valence-corrected chi connectivity index (χ3v) is 4.17. The monoisotopic (exact) mass is 381 g/mol. The Morgan fingerprint density at radius 3 is 2.43 bits per heavy atom. The normalized spacial score (nSPS) is 10.5. The molecule has 3 aromatic rings. The summed E-state index contributed by atoms with van der Waals surface area (Å²) in [6.07, 6.45) is 0. The Morgan fingerprint density at radius 2 is 1.86 bits per heavy atom. The van der Waals surface area contributed by atoms with Crippen LogP contribution < -0.4 is 4.74 Å². The van der Waals surface area contributed by atoms with Crippen molar-refractivity contribution < 1.29 is 19.2 Å². The molecule has 0 amide bonds. The first-order valence-electron chi connectivity index (χ1n) is 8.51. The number of nitro groups is 1. The highest BCUT2D eigenvalue weighted by atomic mass is 16.6. The Labute approximate surface area is 161 Å². The van der Waals surface area contributed by atoms with E-state index in [-0.39, 0.29) is 23.6 Å². The van der Waals surface area contributed by atoms with Crippen molar-refractivity contribution in [1.82, 2.24) is 9.78 Å². The molecule has 0 aliphatic carbocycles. The summed E-state index contributed by atoms with van der Waals surface area (Å²) < 4.78 is 12.2. The average Bonchev–Trinajstić information content (AvgIpc) is 3.03. The Kier molecular flexibility index (Phi) is 5.39. The van der Waals surface area contributed by atoms with Crippen LogP contribution in [-0.2, 0) is 11.3 Å². The molecule has 0 fully saturated rings. The molecule has 0 bridgehead atoms. The molecule has 0 spiro atoms. The van der Waals surface area contributed by atoms with E-state index in [1.54, 1.807) is 0 Å². The van der Waals surface area contributed by atoms with Crippen LogP contribution in [0.15, 0.2) is 48.5 Å². The highest BCUT2D eigenvalue weighted by Gasteiger charge is 2.19. The first-order chi connectivity index (χ1) is 13.4. The summed E-state index contributed by atoms with van der Waals surface area (Å²) in [6, 6.07) is 13.2. The molecule has 8 nitrogen and oxygen atoms in total. The Bertz CT molecular complexity index is 1020. The fourth-order valence-electron chi connectivity index (χ4n) is 2.82. The molecule has 144 valence electrons. The molecule has 0 radical (unpaired) electrons. The molecule has 0 saturated carbocycles. The fourth-order valence-corrected chi connectivity index (χ4v) is 2.82. The van der Waals surface area contributed by atoms with Gasteiger partial charge in [0.25, 0.3) is 5.69 Å². The van der Waals surface area contributed by atoms with E-state index < -0.39 is 10.9 Å². The van der Waals surface area contributed by atoms with Gasteiger partial charge in [0.05, 0.1) is 23.4 Å². The minimum atomic E-state index is -0.692. The minimum Gasteiger partial charge on any atom is -0.496 e. The predicted molar refractivity (Wildman–Crippen MR) is 102 cm³/mol. The number of hydrogen-bond acceptors (Lipinski definition) is 6. The quantitative estimate of drug-likeness (QED) is 0.366. The lowest BCUT2D eigenvalue weighted by atomic mass is 10.1. The number of methoxy groups -OCH3 is 1. The number of ether oxygens (including phenoxy) is 2. The molecule has 1 heterocycles. The molecule has 2 aromatic carbocycles. The molecule has 0 saturated heterocycles. The maximum atomic E-state index is 12.4. The predicted octanol–water partition coefficient (Wildman–Crippen LogP) is 3.76. The molecule has 0 aliphatic rings. The molecule has 0 aliphatic heterocycles. The lowest BCUT2D eigenvalue weighted by Gasteiger charge is -2.10. The summed E-state index contributed by atoms with van der Waals surface area (Å²) in [5.74, 6) is -0.473. The number of carbonyl (C=O) groups excluding carboxylic acids is 1. The van der Waals surface area contributed by atoms with Gasteiger partial charge in [-0.1, -0.05) is 12.1 Å². The number of rotatable bonds is 6. The van der Waals surface area contributed by atoms with Gasteiger partial charge in [0, 0.05) is 17.8 Å². The number of benzene rings is 2. The van der Waals surface area contributed by atoms with Crippen LogP contribution >= 0.6 is 0 Å². The van der Waals surface area contributed by atoms with Crippen molar-refractivity contribution in [2.45, 2.75) is 20.5 Å². The van der Waals surface area contributed by atoms with Crippen LogP contribution in [-0.4, -0.2) is 27.8 Å². The van der Waals surface area contributed by atoms with Crippen LogP contribution in [0.4, 0.5) is 5.69 Å². The Morgan fingerprint density at radius 1 is 1.14 bits per heavy atom. The smallest absolute Gasteiger partial charge is 0.342 e. The molecule has 0 N–H and O–H groups in total. The van der Waals surface area contributed by atoms with Crippen LogP contribution in [0, 0.1) is 24.0 Å². The summed E-state index contributed by atoms with van der Waals surface area (Å²) >= 11 is 0. The van der Waals surface area contributed by atoms with Gasteiger partial charge < -0.3 is 9.47 Å². The topological polar surface area (TPSA) is 96.5 Å². The zero-order chi connectivity index (χ0) is 20.3. The first-order valence-corrected chi connectivity index (χ1v) is 8.51. The molecular formula is C20H19N3O5.